The average molecular weight is 386 g/mol. The van der Waals surface area contributed by atoms with E-state index in [4.69, 9.17) is 4.42 Å². The van der Waals surface area contributed by atoms with Crippen molar-refractivity contribution in [2.45, 2.75) is 6.42 Å². The molecule has 0 unspecified atom stereocenters. The molecule has 2 amide bonds. The van der Waals surface area contributed by atoms with E-state index in [2.05, 4.69) is 31.5 Å². The summed E-state index contributed by atoms with van der Waals surface area (Å²) in [6.45, 7) is 0.473. The number of urea groups is 1. The number of nitrogens with one attached hydrogen (secondary N) is 2. The topological polar surface area (TPSA) is 67.2 Å². The summed E-state index contributed by atoms with van der Waals surface area (Å²) >= 11 is 3.37. The molecule has 0 spiro atoms. The Kier molecular flexibility index (Phi) is 5.28. The van der Waals surface area contributed by atoms with Crippen molar-refractivity contribution in [3.63, 3.8) is 0 Å². The molecule has 0 saturated heterocycles. The molecular weight excluding hydrogens is 370 g/mol. The van der Waals surface area contributed by atoms with Gasteiger partial charge < -0.3 is 15.1 Å². The second-order valence-corrected chi connectivity index (χ2v) is 6.07. The maximum Gasteiger partial charge on any atom is 0.319 e. The van der Waals surface area contributed by atoms with Crippen LogP contribution in [0, 0.1) is 0 Å². The molecule has 2 aromatic carbocycles. The molecule has 24 heavy (non-hydrogen) atoms. The van der Waals surface area contributed by atoms with Gasteiger partial charge in [-0.05, 0) is 30.3 Å². The molecule has 5 nitrogen and oxygen atoms in total. The van der Waals surface area contributed by atoms with Gasteiger partial charge >= 0.3 is 6.03 Å². The van der Waals surface area contributed by atoms with Gasteiger partial charge in [-0.25, -0.2) is 9.78 Å². The number of anilines is 1. The molecule has 0 bridgehead atoms. The summed E-state index contributed by atoms with van der Waals surface area (Å²) in [6.07, 6.45) is 2.22. The Labute approximate surface area is 148 Å². The van der Waals surface area contributed by atoms with Crippen LogP contribution in [-0.2, 0) is 6.42 Å². The molecule has 0 aliphatic heterocycles. The molecule has 0 aliphatic carbocycles. The van der Waals surface area contributed by atoms with E-state index in [-0.39, 0.29) is 6.03 Å². The zero-order valence-electron chi connectivity index (χ0n) is 12.8. The summed E-state index contributed by atoms with van der Waals surface area (Å²) in [7, 11) is 0. The van der Waals surface area contributed by atoms with Crippen molar-refractivity contribution in [3.05, 3.63) is 71.0 Å². The van der Waals surface area contributed by atoms with E-state index in [1.165, 1.54) is 0 Å². The molecule has 0 radical (unpaired) electrons. The maximum atomic E-state index is 11.9. The number of hydrogen-bond acceptors (Lipinski definition) is 3. The SMILES string of the molecule is O=C(NCCc1coc(-c2ccccc2)n1)Nc1cccc(Br)c1. The van der Waals surface area contributed by atoms with Crippen molar-refractivity contribution in [3.8, 4) is 11.5 Å². The average Bonchev–Trinajstić information content (AvgIpc) is 3.04. The first-order valence-corrected chi connectivity index (χ1v) is 8.30. The first-order chi connectivity index (χ1) is 11.7. The maximum absolute atomic E-state index is 11.9. The molecule has 3 rings (SSSR count). The fraction of sp³-hybridized carbons (Fsp3) is 0.111. The van der Waals surface area contributed by atoms with E-state index in [0.29, 0.717) is 18.9 Å². The van der Waals surface area contributed by atoms with Crippen LogP contribution in [0.25, 0.3) is 11.5 Å². The zero-order valence-corrected chi connectivity index (χ0v) is 14.4. The summed E-state index contributed by atoms with van der Waals surface area (Å²) in [5, 5.41) is 5.58. The first kappa shape index (κ1) is 16.3. The van der Waals surface area contributed by atoms with Crippen molar-refractivity contribution < 1.29 is 9.21 Å². The van der Waals surface area contributed by atoms with Gasteiger partial charge in [-0.3, -0.25) is 0 Å². The van der Waals surface area contributed by atoms with E-state index in [0.717, 1.165) is 21.4 Å². The van der Waals surface area contributed by atoms with Gasteiger partial charge in [0.05, 0.1) is 5.69 Å². The minimum atomic E-state index is -0.250. The van der Waals surface area contributed by atoms with E-state index < -0.39 is 0 Å². The lowest BCUT2D eigenvalue weighted by Crippen LogP contribution is -2.30. The molecule has 122 valence electrons. The number of carbonyl (C=O) groups excluding carboxylic acids is 1. The van der Waals surface area contributed by atoms with Crippen LogP contribution < -0.4 is 10.6 Å². The van der Waals surface area contributed by atoms with Crippen LogP contribution in [0.4, 0.5) is 10.5 Å². The molecular formula is C18H16BrN3O2. The third-order valence-electron chi connectivity index (χ3n) is 3.32. The van der Waals surface area contributed by atoms with E-state index in [1.54, 1.807) is 6.26 Å². The fourth-order valence-electron chi connectivity index (χ4n) is 2.18. The van der Waals surface area contributed by atoms with Crippen LogP contribution in [0.1, 0.15) is 5.69 Å². The zero-order chi connectivity index (χ0) is 16.8. The van der Waals surface area contributed by atoms with Crippen LogP contribution in [0.15, 0.2) is 69.8 Å². The van der Waals surface area contributed by atoms with Crippen molar-refractivity contribution in [1.82, 2.24) is 10.3 Å². The van der Waals surface area contributed by atoms with Crippen LogP contribution in [0.3, 0.4) is 0 Å². The monoisotopic (exact) mass is 385 g/mol. The van der Waals surface area contributed by atoms with Crippen molar-refractivity contribution in [1.29, 1.82) is 0 Å². The molecule has 0 saturated carbocycles. The molecule has 0 fully saturated rings. The number of halogens is 1. The summed E-state index contributed by atoms with van der Waals surface area (Å²) in [5.41, 5.74) is 2.47. The highest BCUT2D eigenvalue weighted by molar-refractivity contribution is 9.10. The lowest BCUT2D eigenvalue weighted by atomic mass is 10.2. The third-order valence-corrected chi connectivity index (χ3v) is 3.81. The lowest BCUT2D eigenvalue weighted by Gasteiger charge is -2.07. The standard InChI is InChI=1S/C18H16BrN3O2/c19-14-7-4-8-15(11-14)22-18(23)20-10-9-16-12-24-17(21-16)13-5-2-1-3-6-13/h1-8,11-12H,9-10H2,(H2,20,22,23). The first-order valence-electron chi connectivity index (χ1n) is 7.51. The molecule has 3 aromatic rings. The van der Waals surface area contributed by atoms with Crippen molar-refractivity contribution >= 4 is 27.6 Å². The van der Waals surface area contributed by atoms with Gasteiger partial charge in [0.2, 0.25) is 5.89 Å². The number of oxazole rings is 1. The van der Waals surface area contributed by atoms with Crippen LogP contribution in [0.5, 0.6) is 0 Å². The summed E-state index contributed by atoms with van der Waals surface area (Å²) in [6, 6.07) is 16.9. The van der Waals surface area contributed by atoms with Gasteiger partial charge in [0.1, 0.15) is 6.26 Å². The van der Waals surface area contributed by atoms with E-state index >= 15 is 0 Å². The number of nitrogens with zero attached hydrogens (tertiary/aromatic N) is 1. The van der Waals surface area contributed by atoms with Gasteiger partial charge in [-0.1, -0.05) is 40.2 Å². The Bertz CT molecular complexity index is 818. The number of benzene rings is 2. The number of aromatic nitrogens is 1. The smallest absolute Gasteiger partial charge is 0.319 e. The van der Waals surface area contributed by atoms with Crippen molar-refractivity contribution in [2.75, 3.05) is 11.9 Å². The van der Waals surface area contributed by atoms with Crippen LogP contribution in [0.2, 0.25) is 0 Å². The minimum Gasteiger partial charge on any atom is -0.444 e. The van der Waals surface area contributed by atoms with Gasteiger partial charge in [0.25, 0.3) is 0 Å². The summed E-state index contributed by atoms with van der Waals surface area (Å²) < 4.78 is 6.39. The van der Waals surface area contributed by atoms with Gasteiger partial charge in [0.15, 0.2) is 0 Å². The Hall–Kier alpha value is -2.60. The quantitative estimate of drug-likeness (QED) is 0.680. The molecule has 0 atom stereocenters. The summed E-state index contributed by atoms with van der Waals surface area (Å²) in [4.78, 5) is 16.3. The molecule has 0 aliphatic rings. The Morgan fingerprint density at radius 1 is 1.12 bits per heavy atom. The predicted octanol–water partition coefficient (Wildman–Crippen LogP) is 4.47. The second-order valence-electron chi connectivity index (χ2n) is 5.15. The highest BCUT2D eigenvalue weighted by Gasteiger charge is 2.07. The molecule has 2 N–H and O–H groups in total. The number of hydrogen-bond donors (Lipinski definition) is 2. The Morgan fingerprint density at radius 2 is 1.96 bits per heavy atom. The van der Waals surface area contributed by atoms with Gasteiger partial charge in [0, 0.05) is 28.7 Å². The highest BCUT2D eigenvalue weighted by atomic mass is 79.9. The van der Waals surface area contributed by atoms with E-state index in [1.807, 2.05) is 54.6 Å². The number of carbonyl (C=O) groups is 1. The fourth-order valence-corrected chi connectivity index (χ4v) is 2.58. The van der Waals surface area contributed by atoms with Crippen LogP contribution in [-0.4, -0.2) is 17.6 Å². The molecule has 6 heteroatoms. The van der Waals surface area contributed by atoms with E-state index in [9.17, 15) is 4.79 Å². The van der Waals surface area contributed by atoms with Gasteiger partial charge in [-0.15, -0.1) is 0 Å². The Balaban J connectivity index is 1.48. The number of rotatable bonds is 5. The highest BCUT2D eigenvalue weighted by Crippen LogP contribution is 2.18. The largest absolute Gasteiger partial charge is 0.444 e. The minimum absolute atomic E-state index is 0.250. The molecule has 1 heterocycles. The lowest BCUT2D eigenvalue weighted by molar-refractivity contribution is 0.252. The Morgan fingerprint density at radius 3 is 2.75 bits per heavy atom. The number of amides is 2. The van der Waals surface area contributed by atoms with Crippen LogP contribution >= 0.6 is 15.9 Å². The predicted molar refractivity (Wildman–Crippen MR) is 96.8 cm³/mol. The van der Waals surface area contributed by atoms with Gasteiger partial charge in [-0.2, -0.15) is 0 Å². The molecule has 1 aromatic heterocycles. The second kappa shape index (κ2) is 7.79. The third kappa shape index (κ3) is 4.45. The summed E-state index contributed by atoms with van der Waals surface area (Å²) in [5.74, 6) is 0.587. The normalized spacial score (nSPS) is 10.4. The van der Waals surface area contributed by atoms with Crippen molar-refractivity contribution in [2.24, 2.45) is 0 Å².